The van der Waals surface area contributed by atoms with E-state index in [0.717, 1.165) is 19.4 Å². The summed E-state index contributed by atoms with van der Waals surface area (Å²) in [6.45, 7) is 6.86. The molecule has 0 saturated heterocycles. The van der Waals surface area contributed by atoms with E-state index < -0.39 is 0 Å². The summed E-state index contributed by atoms with van der Waals surface area (Å²) in [5.41, 5.74) is 5.74. The van der Waals surface area contributed by atoms with Gasteiger partial charge >= 0.3 is 0 Å². The normalized spacial score (nSPS) is 13.1. The Bertz CT molecular complexity index is 157. The van der Waals surface area contributed by atoms with Crippen LogP contribution in [0, 0.1) is 5.92 Å². The zero-order valence-corrected chi connectivity index (χ0v) is 9.21. The van der Waals surface area contributed by atoms with Crippen molar-refractivity contribution < 1.29 is 4.79 Å². The third-order valence-corrected chi connectivity index (χ3v) is 2.23. The molecule has 0 saturated carbocycles. The third-order valence-electron chi connectivity index (χ3n) is 2.23. The average molecular weight is 186 g/mol. The highest BCUT2D eigenvalue weighted by Crippen LogP contribution is 2.03. The number of unbranched alkanes of at least 4 members (excludes halogenated alkanes) is 1. The molecule has 0 aromatic heterocycles. The summed E-state index contributed by atoms with van der Waals surface area (Å²) in [5, 5.41) is 0. The predicted molar refractivity (Wildman–Crippen MR) is 55.4 cm³/mol. The van der Waals surface area contributed by atoms with Gasteiger partial charge in [-0.1, -0.05) is 27.2 Å². The lowest BCUT2D eigenvalue weighted by Crippen LogP contribution is -2.45. The van der Waals surface area contributed by atoms with Crippen LogP contribution in [0.4, 0.5) is 0 Å². The fourth-order valence-electron chi connectivity index (χ4n) is 1.05. The van der Waals surface area contributed by atoms with Crippen LogP contribution in [-0.2, 0) is 4.79 Å². The smallest absolute Gasteiger partial charge is 0.239 e. The van der Waals surface area contributed by atoms with Crippen molar-refractivity contribution in [2.75, 3.05) is 13.6 Å². The van der Waals surface area contributed by atoms with E-state index in [0.29, 0.717) is 0 Å². The Labute approximate surface area is 81.3 Å². The quantitative estimate of drug-likeness (QED) is 0.702. The lowest BCUT2D eigenvalue weighted by molar-refractivity contribution is -0.132. The summed E-state index contributed by atoms with van der Waals surface area (Å²) in [6.07, 6.45) is 2.15. The maximum absolute atomic E-state index is 11.6. The molecule has 0 radical (unpaired) electrons. The molecular formula is C10H22N2O. The zero-order valence-electron chi connectivity index (χ0n) is 9.21. The number of hydrogen-bond donors (Lipinski definition) is 1. The van der Waals surface area contributed by atoms with Gasteiger partial charge in [0.15, 0.2) is 0 Å². The van der Waals surface area contributed by atoms with E-state index in [9.17, 15) is 4.79 Å². The largest absolute Gasteiger partial charge is 0.344 e. The van der Waals surface area contributed by atoms with Gasteiger partial charge in [0.05, 0.1) is 6.04 Å². The van der Waals surface area contributed by atoms with Crippen LogP contribution < -0.4 is 5.73 Å². The molecule has 13 heavy (non-hydrogen) atoms. The molecule has 0 aliphatic rings. The van der Waals surface area contributed by atoms with Gasteiger partial charge in [-0.05, 0) is 12.3 Å². The summed E-state index contributed by atoms with van der Waals surface area (Å²) in [6, 6.07) is -0.346. The molecule has 2 N–H and O–H groups in total. The van der Waals surface area contributed by atoms with E-state index in [-0.39, 0.29) is 17.9 Å². The number of likely N-dealkylation sites (N-methyl/N-ethyl adjacent to an activating group) is 1. The second-order valence-electron chi connectivity index (χ2n) is 3.88. The van der Waals surface area contributed by atoms with Crippen LogP contribution in [0.15, 0.2) is 0 Å². The van der Waals surface area contributed by atoms with Crippen molar-refractivity contribution in [3.8, 4) is 0 Å². The lowest BCUT2D eigenvalue weighted by Gasteiger charge is -2.23. The molecule has 0 bridgehead atoms. The van der Waals surface area contributed by atoms with E-state index in [1.807, 2.05) is 20.9 Å². The van der Waals surface area contributed by atoms with E-state index in [1.165, 1.54) is 0 Å². The van der Waals surface area contributed by atoms with E-state index in [4.69, 9.17) is 5.73 Å². The number of carbonyl (C=O) groups is 1. The van der Waals surface area contributed by atoms with Crippen molar-refractivity contribution in [3.63, 3.8) is 0 Å². The third kappa shape index (κ3) is 4.27. The van der Waals surface area contributed by atoms with Crippen LogP contribution in [0.25, 0.3) is 0 Å². The molecular weight excluding hydrogens is 164 g/mol. The topological polar surface area (TPSA) is 46.3 Å². The Hall–Kier alpha value is -0.570. The molecule has 0 fully saturated rings. The number of carbonyl (C=O) groups excluding carboxylic acids is 1. The highest BCUT2D eigenvalue weighted by molar-refractivity contribution is 5.81. The first kappa shape index (κ1) is 12.4. The van der Waals surface area contributed by atoms with Gasteiger partial charge in [0, 0.05) is 13.6 Å². The number of rotatable bonds is 5. The Morgan fingerprint density at radius 1 is 1.46 bits per heavy atom. The summed E-state index contributed by atoms with van der Waals surface area (Å²) in [5.74, 6) is 0.278. The lowest BCUT2D eigenvalue weighted by atomic mass is 10.0. The van der Waals surface area contributed by atoms with Gasteiger partial charge in [-0.15, -0.1) is 0 Å². The summed E-state index contributed by atoms with van der Waals surface area (Å²) in [7, 11) is 1.82. The molecule has 3 nitrogen and oxygen atoms in total. The number of hydrogen-bond acceptors (Lipinski definition) is 2. The van der Waals surface area contributed by atoms with Crippen LogP contribution in [0.3, 0.4) is 0 Å². The van der Waals surface area contributed by atoms with Crippen LogP contribution in [0.1, 0.15) is 33.6 Å². The molecule has 0 aliphatic carbocycles. The number of nitrogens with zero attached hydrogens (tertiary/aromatic N) is 1. The number of amides is 1. The van der Waals surface area contributed by atoms with Crippen LogP contribution >= 0.6 is 0 Å². The van der Waals surface area contributed by atoms with Crippen molar-refractivity contribution in [1.82, 2.24) is 4.90 Å². The molecule has 0 aromatic rings. The van der Waals surface area contributed by atoms with Gasteiger partial charge < -0.3 is 10.6 Å². The minimum atomic E-state index is -0.346. The fraction of sp³-hybridized carbons (Fsp3) is 0.900. The van der Waals surface area contributed by atoms with Gasteiger partial charge in [0.1, 0.15) is 0 Å². The zero-order chi connectivity index (χ0) is 10.4. The molecule has 78 valence electrons. The van der Waals surface area contributed by atoms with Gasteiger partial charge in [-0.3, -0.25) is 4.79 Å². The first-order chi connectivity index (χ1) is 6.00. The van der Waals surface area contributed by atoms with Crippen molar-refractivity contribution in [1.29, 1.82) is 0 Å². The predicted octanol–water partition coefficient (Wildman–Crippen LogP) is 1.23. The second kappa shape index (κ2) is 5.97. The maximum atomic E-state index is 11.6. The highest BCUT2D eigenvalue weighted by Gasteiger charge is 2.20. The monoisotopic (exact) mass is 186 g/mol. The molecule has 0 aliphatic heterocycles. The first-order valence-corrected chi connectivity index (χ1v) is 5.01. The average Bonchev–Trinajstić information content (AvgIpc) is 2.11. The molecule has 0 aromatic carbocycles. The van der Waals surface area contributed by atoms with E-state index in [1.54, 1.807) is 4.90 Å². The van der Waals surface area contributed by atoms with E-state index >= 15 is 0 Å². The minimum Gasteiger partial charge on any atom is -0.344 e. The van der Waals surface area contributed by atoms with Crippen LogP contribution in [-0.4, -0.2) is 30.4 Å². The molecule has 1 atom stereocenters. The van der Waals surface area contributed by atoms with Gasteiger partial charge in [0.2, 0.25) is 5.91 Å². The van der Waals surface area contributed by atoms with Crippen molar-refractivity contribution in [2.24, 2.45) is 11.7 Å². The van der Waals surface area contributed by atoms with Gasteiger partial charge in [-0.2, -0.15) is 0 Å². The Morgan fingerprint density at radius 3 is 2.38 bits per heavy atom. The Kier molecular flexibility index (Phi) is 5.71. The molecule has 3 heteroatoms. The van der Waals surface area contributed by atoms with Crippen LogP contribution in [0.5, 0.6) is 0 Å². The highest BCUT2D eigenvalue weighted by atomic mass is 16.2. The summed E-state index contributed by atoms with van der Waals surface area (Å²) in [4.78, 5) is 13.3. The first-order valence-electron chi connectivity index (χ1n) is 5.01. The van der Waals surface area contributed by atoms with Gasteiger partial charge in [0.25, 0.3) is 0 Å². The Morgan fingerprint density at radius 2 is 2.00 bits per heavy atom. The molecule has 0 unspecified atom stereocenters. The van der Waals surface area contributed by atoms with Gasteiger partial charge in [-0.25, -0.2) is 0 Å². The van der Waals surface area contributed by atoms with Crippen molar-refractivity contribution in [3.05, 3.63) is 0 Å². The molecule has 0 heterocycles. The molecule has 1 amide bonds. The summed E-state index contributed by atoms with van der Waals surface area (Å²) >= 11 is 0. The molecule has 0 rings (SSSR count). The minimum absolute atomic E-state index is 0.0588. The maximum Gasteiger partial charge on any atom is 0.239 e. The van der Waals surface area contributed by atoms with E-state index in [2.05, 4.69) is 6.92 Å². The summed E-state index contributed by atoms with van der Waals surface area (Å²) < 4.78 is 0. The SMILES string of the molecule is CCCCN(C)C(=O)[C@H](N)C(C)C. The second-order valence-corrected chi connectivity index (χ2v) is 3.88. The van der Waals surface area contributed by atoms with Crippen LogP contribution in [0.2, 0.25) is 0 Å². The standard InChI is InChI=1S/C10H22N2O/c1-5-6-7-12(4)10(13)9(11)8(2)3/h8-9H,5-7,11H2,1-4H3/t9-/m1/s1. The fourth-order valence-corrected chi connectivity index (χ4v) is 1.05. The Balaban J connectivity index is 3.94. The van der Waals surface area contributed by atoms with Crippen molar-refractivity contribution in [2.45, 2.75) is 39.7 Å². The van der Waals surface area contributed by atoms with Crippen molar-refractivity contribution >= 4 is 5.91 Å². The molecule has 0 spiro atoms. The number of nitrogens with two attached hydrogens (primary N) is 1.